The standard InChI is InChI=1S/C13H17N3S/c1-10-12(8-14-11-5-7-17-9-11)16-6-3-2-4-13(16)15-10/h2-4,6,11,14H,5,7-9H2,1H3. The van der Waals surface area contributed by atoms with Gasteiger partial charge in [0.2, 0.25) is 0 Å². The Balaban J connectivity index is 1.81. The van der Waals surface area contributed by atoms with Crippen molar-refractivity contribution >= 4 is 17.4 Å². The minimum absolute atomic E-state index is 0.675. The van der Waals surface area contributed by atoms with Crippen LogP contribution in [0.25, 0.3) is 5.65 Å². The molecule has 0 aromatic carbocycles. The van der Waals surface area contributed by atoms with Gasteiger partial charge >= 0.3 is 0 Å². The highest BCUT2D eigenvalue weighted by atomic mass is 32.2. The molecule has 3 nitrogen and oxygen atoms in total. The van der Waals surface area contributed by atoms with Gasteiger partial charge in [-0.1, -0.05) is 6.07 Å². The normalized spacial score (nSPS) is 20.2. The predicted molar refractivity (Wildman–Crippen MR) is 72.5 cm³/mol. The zero-order valence-electron chi connectivity index (χ0n) is 10.0. The van der Waals surface area contributed by atoms with Crippen LogP contribution in [0.3, 0.4) is 0 Å². The number of aryl methyl sites for hydroxylation is 1. The highest BCUT2D eigenvalue weighted by Crippen LogP contribution is 2.18. The summed E-state index contributed by atoms with van der Waals surface area (Å²) in [5.74, 6) is 2.54. The van der Waals surface area contributed by atoms with Crippen molar-refractivity contribution in [1.82, 2.24) is 14.7 Å². The number of nitrogens with zero attached hydrogens (tertiary/aromatic N) is 2. The maximum Gasteiger partial charge on any atom is 0.137 e. The zero-order valence-corrected chi connectivity index (χ0v) is 10.8. The smallest absolute Gasteiger partial charge is 0.137 e. The zero-order chi connectivity index (χ0) is 11.7. The number of rotatable bonds is 3. The summed E-state index contributed by atoms with van der Waals surface area (Å²) in [6.45, 7) is 3.01. The van der Waals surface area contributed by atoms with Gasteiger partial charge < -0.3 is 9.72 Å². The third-order valence-corrected chi connectivity index (χ3v) is 4.48. The van der Waals surface area contributed by atoms with E-state index < -0.39 is 0 Å². The Kier molecular flexibility index (Phi) is 3.07. The molecule has 0 amide bonds. The molecule has 1 N–H and O–H groups in total. The second kappa shape index (κ2) is 4.70. The molecular weight excluding hydrogens is 230 g/mol. The van der Waals surface area contributed by atoms with Crippen molar-refractivity contribution in [2.45, 2.75) is 25.9 Å². The highest BCUT2D eigenvalue weighted by molar-refractivity contribution is 7.99. The van der Waals surface area contributed by atoms with Crippen LogP contribution in [0, 0.1) is 6.92 Å². The summed E-state index contributed by atoms with van der Waals surface area (Å²) >= 11 is 2.04. The number of imidazole rings is 1. The van der Waals surface area contributed by atoms with E-state index in [0.717, 1.165) is 17.9 Å². The second-order valence-corrected chi connectivity index (χ2v) is 5.66. The first-order valence-corrected chi connectivity index (χ1v) is 7.24. The maximum absolute atomic E-state index is 4.58. The Morgan fingerprint density at radius 2 is 2.47 bits per heavy atom. The van der Waals surface area contributed by atoms with E-state index in [1.165, 1.54) is 23.6 Å². The molecule has 1 saturated heterocycles. The average Bonchev–Trinajstić information content (AvgIpc) is 2.93. The Morgan fingerprint density at radius 3 is 3.29 bits per heavy atom. The van der Waals surface area contributed by atoms with E-state index in [2.05, 4.69) is 40.0 Å². The van der Waals surface area contributed by atoms with Crippen LogP contribution in [0.2, 0.25) is 0 Å². The van der Waals surface area contributed by atoms with Gasteiger partial charge in [0.05, 0.1) is 11.4 Å². The fraction of sp³-hybridized carbons (Fsp3) is 0.462. The van der Waals surface area contributed by atoms with Crippen LogP contribution >= 0.6 is 11.8 Å². The summed E-state index contributed by atoms with van der Waals surface area (Å²) in [6, 6.07) is 6.83. The van der Waals surface area contributed by atoms with Crippen molar-refractivity contribution in [3.05, 3.63) is 35.8 Å². The van der Waals surface area contributed by atoms with Gasteiger partial charge in [-0.15, -0.1) is 0 Å². The number of aromatic nitrogens is 2. The minimum Gasteiger partial charge on any atom is -0.308 e. The molecule has 0 bridgehead atoms. The van der Waals surface area contributed by atoms with E-state index in [1.54, 1.807) is 0 Å². The first kappa shape index (κ1) is 11.1. The van der Waals surface area contributed by atoms with Gasteiger partial charge in [0.1, 0.15) is 5.65 Å². The van der Waals surface area contributed by atoms with Crippen LogP contribution in [0.5, 0.6) is 0 Å². The lowest BCUT2D eigenvalue weighted by atomic mass is 10.2. The van der Waals surface area contributed by atoms with Crippen molar-refractivity contribution in [3.8, 4) is 0 Å². The van der Waals surface area contributed by atoms with E-state index in [0.29, 0.717) is 6.04 Å². The van der Waals surface area contributed by atoms with Crippen molar-refractivity contribution in [3.63, 3.8) is 0 Å². The van der Waals surface area contributed by atoms with Crippen molar-refractivity contribution < 1.29 is 0 Å². The lowest BCUT2D eigenvalue weighted by Gasteiger charge is -2.11. The van der Waals surface area contributed by atoms with E-state index in [4.69, 9.17) is 0 Å². The first-order valence-electron chi connectivity index (χ1n) is 6.08. The number of hydrogen-bond acceptors (Lipinski definition) is 3. The molecule has 1 fully saturated rings. The Bertz CT molecular complexity index is 514. The average molecular weight is 247 g/mol. The van der Waals surface area contributed by atoms with Crippen LogP contribution in [-0.2, 0) is 6.54 Å². The molecule has 1 aliphatic rings. The summed E-state index contributed by atoms with van der Waals surface area (Å²) in [6.07, 6.45) is 3.39. The molecule has 0 spiro atoms. The molecule has 0 saturated carbocycles. The van der Waals surface area contributed by atoms with Crippen molar-refractivity contribution in [1.29, 1.82) is 0 Å². The first-order chi connectivity index (χ1) is 8.34. The van der Waals surface area contributed by atoms with Gasteiger partial charge in [-0.3, -0.25) is 0 Å². The van der Waals surface area contributed by atoms with Crippen LogP contribution < -0.4 is 5.32 Å². The minimum atomic E-state index is 0.675. The number of nitrogens with one attached hydrogen (secondary N) is 1. The summed E-state index contributed by atoms with van der Waals surface area (Å²) in [5.41, 5.74) is 3.47. The summed E-state index contributed by atoms with van der Waals surface area (Å²) in [5, 5.41) is 3.64. The quantitative estimate of drug-likeness (QED) is 0.902. The molecule has 0 radical (unpaired) electrons. The van der Waals surface area contributed by atoms with Gasteiger partial charge in [0.15, 0.2) is 0 Å². The summed E-state index contributed by atoms with van der Waals surface area (Å²) in [4.78, 5) is 4.58. The largest absolute Gasteiger partial charge is 0.308 e. The molecular formula is C13H17N3S. The van der Waals surface area contributed by atoms with Gasteiger partial charge in [-0.05, 0) is 31.2 Å². The summed E-state index contributed by atoms with van der Waals surface area (Å²) in [7, 11) is 0. The molecule has 1 atom stereocenters. The molecule has 1 unspecified atom stereocenters. The molecule has 17 heavy (non-hydrogen) atoms. The van der Waals surface area contributed by atoms with E-state index >= 15 is 0 Å². The van der Waals surface area contributed by atoms with Crippen LogP contribution in [0.1, 0.15) is 17.8 Å². The third-order valence-electron chi connectivity index (χ3n) is 3.32. The van der Waals surface area contributed by atoms with Gasteiger partial charge in [0.25, 0.3) is 0 Å². The third kappa shape index (κ3) is 2.19. The number of thioether (sulfide) groups is 1. The fourth-order valence-electron chi connectivity index (χ4n) is 2.31. The Hall–Kier alpha value is -1.00. The van der Waals surface area contributed by atoms with Crippen molar-refractivity contribution in [2.24, 2.45) is 0 Å². The summed E-state index contributed by atoms with van der Waals surface area (Å²) < 4.78 is 2.18. The monoisotopic (exact) mass is 247 g/mol. The molecule has 90 valence electrons. The SMILES string of the molecule is Cc1nc2ccccn2c1CNC1CCSC1. The van der Waals surface area contributed by atoms with Crippen LogP contribution in [-0.4, -0.2) is 26.9 Å². The Morgan fingerprint density at radius 1 is 1.53 bits per heavy atom. The van der Waals surface area contributed by atoms with E-state index in [9.17, 15) is 0 Å². The molecule has 3 rings (SSSR count). The molecule has 0 aliphatic carbocycles. The molecule has 4 heteroatoms. The lowest BCUT2D eigenvalue weighted by molar-refractivity contribution is 0.549. The van der Waals surface area contributed by atoms with Gasteiger partial charge in [-0.25, -0.2) is 4.98 Å². The number of fused-ring (bicyclic) bond motifs is 1. The molecule has 2 aromatic heterocycles. The predicted octanol–water partition coefficient (Wildman–Crippen LogP) is 2.24. The maximum atomic E-state index is 4.58. The molecule has 2 aromatic rings. The highest BCUT2D eigenvalue weighted by Gasteiger charge is 2.16. The lowest BCUT2D eigenvalue weighted by Crippen LogP contribution is -2.28. The topological polar surface area (TPSA) is 29.3 Å². The van der Waals surface area contributed by atoms with E-state index in [1.807, 2.05) is 17.8 Å². The van der Waals surface area contributed by atoms with Crippen LogP contribution in [0.15, 0.2) is 24.4 Å². The molecule has 3 heterocycles. The fourth-order valence-corrected chi connectivity index (χ4v) is 3.50. The Labute approximate surface area is 106 Å². The number of pyridine rings is 1. The van der Waals surface area contributed by atoms with Gasteiger partial charge in [0, 0.05) is 24.5 Å². The van der Waals surface area contributed by atoms with Crippen LogP contribution in [0.4, 0.5) is 0 Å². The van der Waals surface area contributed by atoms with Gasteiger partial charge in [-0.2, -0.15) is 11.8 Å². The molecule has 1 aliphatic heterocycles. The number of hydrogen-bond donors (Lipinski definition) is 1. The second-order valence-electron chi connectivity index (χ2n) is 4.51. The van der Waals surface area contributed by atoms with Crippen molar-refractivity contribution in [2.75, 3.05) is 11.5 Å². The van der Waals surface area contributed by atoms with E-state index in [-0.39, 0.29) is 0 Å².